The molecule has 1 unspecified atom stereocenters. The molecular weight excluding hydrogens is 278 g/mol. The van der Waals surface area contributed by atoms with Crippen LogP contribution < -0.4 is 5.32 Å². The number of nitrogens with zero attached hydrogens (tertiary/aromatic N) is 2. The van der Waals surface area contributed by atoms with Gasteiger partial charge in [-0.05, 0) is 46.1 Å². The molecule has 7 heteroatoms. The van der Waals surface area contributed by atoms with Gasteiger partial charge in [0.2, 0.25) is 5.09 Å². The normalized spacial score (nSPS) is 22.9. The van der Waals surface area contributed by atoms with Crippen LogP contribution in [0.5, 0.6) is 0 Å². The number of nitrogens with one attached hydrogen (secondary N) is 1. The molecule has 0 aromatic carbocycles. The second-order valence-electron chi connectivity index (χ2n) is 5.33. The Morgan fingerprint density at radius 2 is 2.15 bits per heavy atom. The summed E-state index contributed by atoms with van der Waals surface area (Å²) in [6.45, 7) is 4.66. The number of hydrogen-bond donors (Lipinski definition) is 1. The molecule has 1 aromatic rings. The molecule has 1 atom stereocenters. The van der Waals surface area contributed by atoms with E-state index >= 15 is 0 Å². The maximum absolute atomic E-state index is 12.7. The van der Waals surface area contributed by atoms with Crippen molar-refractivity contribution in [3.63, 3.8) is 0 Å². The quantitative estimate of drug-likeness (QED) is 0.887. The lowest BCUT2D eigenvalue weighted by molar-refractivity contribution is 0.284. The lowest BCUT2D eigenvalue weighted by atomic mass is 10.3. The molecule has 1 fully saturated rings. The van der Waals surface area contributed by atoms with Gasteiger partial charge in [0.1, 0.15) is 5.76 Å². The molecule has 1 aliphatic rings. The van der Waals surface area contributed by atoms with Gasteiger partial charge < -0.3 is 14.6 Å². The van der Waals surface area contributed by atoms with Gasteiger partial charge in [-0.2, -0.15) is 4.31 Å². The molecule has 0 saturated carbocycles. The molecule has 0 bridgehead atoms. The highest BCUT2D eigenvalue weighted by molar-refractivity contribution is 7.89. The first kappa shape index (κ1) is 15.5. The molecule has 2 rings (SSSR count). The van der Waals surface area contributed by atoms with Gasteiger partial charge in [0.25, 0.3) is 10.0 Å². The van der Waals surface area contributed by atoms with E-state index in [-0.39, 0.29) is 11.1 Å². The number of likely N-dealkylation sites (N-methyl/N-ethyl adjacent to an activating group) is 1. The fraction of sp³-hybridized carbons (Fsp3) is 0.692. The largest absolute Gasteiger partial charge is 0.447 e. The Kier molecular flexibility index (Phi) is 4.85. The van der Waals surface area contributed by atoms with E-state index in [1.165, 1.54) is 0 Å². The van der Waals surface area contributed by atoms with Crippen LogP contribution in [0, 0.1) is 0 Å². The van der Waals surface area contributed by atoms with Gasteiger partial charge in [-0.25, -0.2) is 8.42 Å². The van der Waals surface area contributed by atoms with Crippen molar-refractivity contribution in [3.8, 4) is 0 Å². The van der Waals surface area contributed by atoms with Crippen LogP contribution in [0.4, 0.5) is 0 Å². The van der Waals surface area contributed by atoms with Crippen LogP contribution in [0.2, 0.25) is 0 Å². The zero-order chi connectivity index (χ0) is 14.8. The molecular formula is C13H23N3O3S. The molecule has 0 radical (unpaired) electrons. The molecule has 0 spiro atoms. The van der Waals surface area contributed by atoms with E-state index in [0.717, 1.165) is 19.5 Å². The van der Waals surface area contributed by atoms with Crippen molar-refractivity contribution in [2.75, 3.05) is 33.7 Å². The summed E-state index contributed by atoms with van der Waals surface area (Å²) in [5.41, 5.74) is 0. The minimum absolute atomic E-state index is 0.0409. The van der Waals surface area contributed by atoms with E-state index in [1.807, 2.05) is 14.0 Å². The summed E-state index contributed by atoms with van der Waals surface area (Å²) in [7, 11) is 0.270. The zero-order valence-electron chi connectivity index (χ0n) is 12.3. The van der Waals surface area contributed by atoms with Gasteiger partial charge in [-0.15, -0.1) is 0 Å². The topological polar surface area (TPSA) is 65.8 Å². The van der Waals surface area contributed by atoms with Crippen molar-refractivity contribution in [2.24, 2.45) is 0 Å². The second kappa shape index (κ2) is 6.26. The number of hydrogen-bond acceptors (Lipinski definition) is 5. The van der Waals surface area contributed by atoms with Crippen molar-refractivity contribution in [1.29, 1.82) is 0 Å². The van der Waals surface area contributed by atoms with Crippen molar-refractivity contribution in [2.45, 2.75) is 31.0 Å². The van der Waals surface area contributed by atoms with Crippen molar-refractivity contribution in [1.82, 2.24) is 14.5 Å². The Morgan fingerprint density at radius 3 is 2.85 bits per heavy atom. The first-order chi connectivity index (χ1) is 9.45. The maximum atomic E-state index is 12.7. The van der Waals surface area contributed by atoms with Crippen LogP contribution in [-0.2, 0) is 16.6 Å². The van der Waals surface area contributed by atoms with Crippen LogP contribution in [0.25, 0.3) is 0 Å². The monoisotopic (exact) mass is 301 g/mol. The zero-order valence-corrected chi connectivity index (χ0v) is 13.1. The Bertz CT molecular complexity index is 541. The average Bonchev–Trinajstić information content (AvgIpc) is 2.76. The molecule has 0 amide bonds. The lowest BCUT2D eigenvalue weighted by Gasteiger charge is -2.26. The van der Waals surface area contributed by atoms with Crippen LogP contribution in [0.3, 0.4) is 0 Å². The minimum atomic E-state index is -3.54. The number of rotatable bonds is 4. The van der Waals surface area contributed by atoms with E-state index in [9.17, 15) is 8.42 Å². The van der Waals surface area contributed by atoms with Crippen molar-refractivity contribution in [3.05, 3.63) is 17.9 Å². The summed E-state index contributed by atoms with van der Waals surface area (Å²) in [5, 5.41) is 2.98. The molecule has 0 aliphatic carbocycles. The lowest BCUT2D eigenvalue weighted by Crippen LogP contribution is -2.41. The van der Waals surface area contributed by atoms with E-state index < -0.39 is 10.0 Å². The molecule has 1 aliphatic heterocycles. The molecule has 114 valence electrons. The Hall–Kier alpha value is -0.890. The second-order valence-corrected chi connectivity index (χ2v) is 7.15. The van der Waals surface area contributed by atoms with Crippen LogP contribution >= 0.6 is 0 Å². The molecule has 2 heterocycles. The molecule has 1 saturated heterocycles. The standard InChI is InChI=1S/C13H23N3O3S/c1-11-10-15(3)7-4-8-16(11)20(17,18)13-6-5-12(19-13)9-14-2/h5-6,11,14H,4,7-10H2,1-3H3. The van der Waals surface area contributed by atoms with Crippen molar-refractivity contribution < 1.29 is 12.8 Å². The molecule has 1 N–H and O–H groups in total. The Labute approximate surface area is 120 Å². The van der Waals surface area contributed by atoms with Crippen LogP contribution in [0.1, 0.15) is 19.1 Å². The summed E-state index contributed by atoms with van der Waals surface area (Å²) >= 11 is 0. The predicted molar refractivity (Wildman–Crippen MR) is 76.9 cm³/mol. The first-order valence-corrected chi connectivity index (χ1v) is 8.33. The molecule has 1 aromatic heterocycles. The molecule has 6 nitrogen and oxygen atoms in total. The summed E-state index contributed by atoms with van der Waals surface area (Å²) < 4.78 is 32.3. The van der Waals surface area contributed by atoms with Crippen LogP contribution in [-0.4, -0.2) is 57.4 Å². The summed E-state index contributed by atoms with van der Waals surface area (Å²) in [5.74, 6) is 0.630. The summed E-state index contributed by atoms with van der Waals surface area (Å²) in [4.78, 5) is 2.16. The first-order valence-electron chi connectivity index (χ1n) is 6.89. The highest BCUT2D eigenvalue weighted by atomic mass is 32.2. The highest BCUT2D eigenvalue weighted by Gasteiger charge is 2.33. The highest BCUT2D eigenvalue weighted by Crippen LogP contribution is 2.22. The van der Waals surface area contributed by atoms with Gasteiger partial charge in [0.15, 0.2) is 0 Å². The predicted octanol–water partition coefficient (Wildman–Crippen LogP) is 0.714. The van der Waals surface area contributed by atoms with E-state index in [1.54, 1.807) is 23.5 Å². The van der Waals surface area contributed by atoms with Crippen molar-refractivity contribution >= 4 is 10.0 Å². The van der Waals surface area contributed by atoms with E-state index in [4.69, 9.17) is 4.42 Å². The third kappa shape index (κ3) is 3.22. The fourth-order valence-corrected chi connectivity index (χ4v) is 4.18. The van der Waals surface area contributed by atoms with E-state index in [0.29, 0.717) is 18.8 Å². The summed E-state index contributed by atoms with van der Waals surface area (Å²) in [6.07, 6.45) is 0.837. The summed E-state index contributed by atoms with van der Waals surface area (Å²) in [6, 6.07) is 3.20. The van der Waals surface area contributed by atoms with Gasteiger partial charge in [0, 0.05) is 19.1 Å². The average molecular weight is 301 g/mol. The van der Waals surface area contributed by atoms with Gasteiger partial charge in [-0.3, -0.25) is 0 Å². The third-order valence-corrected chi connectivity index (χ3v) is 5.42. The minimum Gasteiger partial charge on any atom is -0.447 e. The van der Waals surface area contributed by atoms with Gasteiger partial charge >= 0.3 is 0 Å². The Morgan fingerprint density at radius 1 is 1.40 bits per heavy atom. The maximum Gasteiger partial charge on any atom is 0.276 e. The third-order valence-electron chi connectivity index (χ3n) is 3.54. The van der Waals surface area contributed by atoms with E-state index in [2.05, 4.69) is 10.2 Å². The van der Waals surface area contributed by atoms with Gasteiger partial charge in [0.05, 0.1) is 6.54 Å². The van der Waals surface area contributed by atoms with Gasteiger partial charge in [-0.1, -0.05) is 0 Å². The molecule has 20 heavy (non-hydrogen) atoms. The smallest absolute Gasteiger partial charge is 0.276 e. The Balaban J connectivity index is 2.23. The number of sulfonamides is 1. The number of furan rings is 1. The van der Waals surface area contributed by atoms with Crippen LogP contribution in [0.15, 0.2) is 21.6 Å². The fourth-order valence-electron chi connectivity index (χ4n) is 2.59. The SMILES string of the molecule is CNCc1ccc(S(=O)(=O)N2CCCN(C)CC2C)o1.